The molecule has 0 aromatic rings. The van der Waals surface area contributed by atoms with Gasteiger partial charge in [0.05, 0.1) is 19.3 Å². The van der Waals surface area contributed by atoms with E-state index >= 15 is 0 Å². The van der Waals surface area contributed by atoms with Crippen molar-refractivity contribution in [2.75, 3.05) is 13.2 Å². The first-order chi connectivity index (χ1) is 16.9. The molecule has 0 radical (unpaired) electrons. The van der Waals surface area contributed by atoms with Crippen molar-refractivity contribution < 1.29 is 74.4 Å². The third-order valence-corrected chi connectivity index (χ3v) is 6.45. The fourth-order valence-corrected chi connectivity index (χ4v) is 4.40. The average molecular weight is 529 g/mol. The fourth-order valence-electron chi connectivity index (χ4n) is 4.40. The van der Waals surface area contributed by atoms with Gasteiger partial charge in [-0.1, -0.05) is 0 Å². The van der Waals surface area contributed by atoms with Crippen LogP contribution in [0.3, 0.4) is 0 Å². The monoisotopic (exact) mass is 529 g/mol. The average Bonchev–Trinajstić information content (AvgIpc) is 2.84. The largest absolute Gasteiger partial charge is 0.394 e. The summed E-state index contributed by atoms with van der Waals surface area (Å²) in [5.41, 5.74) is 0. The second-order valence-corrected chi connectivity index (χ2v) is 9.05. The molecule has 1 unspecified atom stereocenters. The van der Waals surface area contributed by atoms with Gasteiger partial charge in [0.2, 0.25) is 5.91 Å². The summed E-state index contributed by atoms with van der Waals surface area (Å²) in [6, 6.07) is -1.41. The first-order valence-electron chi connectivity index (χ1n) is 11.4. The number of aliphatic hydroxyl groups is 9. The first kappa shape index (κ1) is 29.5. The number of carbonyl (C=O) groups is 1. The molecule has 3 fully saturated rings. The van der Waals surface area contributed by atoms with Crippen molar-refractivity contribution >= 4 is 5.91 Å². The maximum absolute atomic E-state index is 11.8. The molecule has 16 nitrogen and oxygen atoms in total. The zero-order valence-electron chi connectivity index (χ0n) is 19.5. The molecule has 16 heteroatoms. The Kier molecular flexibility index (Phi) is 9.97. The van der Waals surface area contributed by atoms with Crippen LogP contribution in [0.4, 0.5) is 0 Å². The van der Waals surface area contributed by atoms with Crippen molar-refractivity contribution in [2.45, 2.75) is 106 Å². The number of hydrogen-bond acceptors (Lipinski definition) is 15. The van der Waals surface area contributed by atoms with E-state index < -0.39 is 111 Å². The van der Waals surface area contributed by atoms with Gasteiger partial charge in [-0.3, -0.25) is 4.79 Å². The Morgan fingerprint density at radius 1 is 0.722 bits per heavy atom. The molecule has 3 aliphatic rings. The summed E-state index contributed by atoms with van der Waals surface area (Å²) in [7, 11) is 0. The molecule has 0 saturated carbocycles. The number of ether oxygens (including phenoxy) is 5. The van der Waals surface area contributed by atoms with Crippen molar-refractivity contribution in [3.05, 3.63) is 0 Å². The normalized spacial score (nSPS) is 50.0. The Labute approximate surface area is 205 Å². The molecule has 210 valence electrons. The lowest BCUT2D eigenvalue weighted by Crippen LogP contribution is -2.69. The van der Waals surface area contributed by atoms with E-state index in [1.807, 2.05) is 0 Å². The van der Waals surface area contributed by atoms with Gasteiger partial charge in [-0.2, -0.15) is 0 Å². The molecule has 36 heavy (non-hydrogen) atoms. The third-order valence-electron chi connectivity index (χ3n) is 6.45. The van der Waals surface area contributed by atoms with Gasteiger partial charge in [0.15, 0.2) is 18.9 Å². The van der Waals surface area contributed by atoms with E-state index in [0.717, 1.165) is 6.92 Å². The molecule has 0 spiro atoms. The SMILES string of the molecule is CC(=O)N[C@H]1C(O)O[C@H](CO)[C@@H](O[C@@H]2O[C@H](CO)[C@H](O)[C@H](O)[C@H]2O)[C@@H]1O[C@@H]1O[C@@H](C)[C@@H](O)[C@@H](O)[C@@H]1O. The van der Waals surface area contributed by atoms with Crippen LogP contribution in [0, 0.1) is 0 Å². The van der Waals surface area contributed by atoms with Crippen LogP contribution in [0.5, 0.6) is 0 Å². The Hall–Kier alpha value is -1.09. The Morgan fingerprint density at radius 2 is 1.25 bits per heavy atom. The minimum absolute atomic E-state index is 0.640. The summed E-state index contributed by atoms with van der Waals surface area (Å²) < 4.78 is 27.7. The van der Waals surface area contributed by atoms with E-state index in [0.29, 0.717) is 0 Å². The molecule has 0 aromatic heterocycles. The molecule has 10 N–H and O–H groups in total. The predicted molar refractivity (Wildman–Crippen MR) is 111 cm³/mol. The van der Waals surface area contributed by atoms with Gasteiger partial charge in [-0.25, -0.2) is 0 Å². The molecule has 0 bridgehead atoms. The van der Waals surface area contributed by atoms with E-state index in [2.05, 4.69) is 5.32 Å². The van der Waals surface area contributed by atoms with Crippen molar-refractivity contribution in [3.63, 3.8) is 0 Å². The van der Waals surface area contributed by atoms with Gasteiger partial charge in [0.25, 0.3) is 0 Å². The van der Waals surface area contributed by atoms with Gasteiger partial charge in [-0.15, -0.1) is 0 Å². The van der Waals surface area contributed by atoms with E-state index in [-0.39, 0.29) is 0 Å². The standard InChI is InChI=1S/C20H35NO15/c1-5-10(25)12(27)14(29)19(32-5)36-17-9(21-6(2)24)18(31)33-8(4-23)16(17)35-20-15(30)13(28)11(26)7(3-22)34-20/h5,7-20,22-23,25-31H,3-4H2,1-2H3,(H,21,24)/t5-,7+,8+,9+,10+,11-,12+,13-,14-,15+,16+,17+,18?,19-,20-/m0/s1. The zero-order valence-corrected chi connectivity index (χ0v) is 19.5. The predicted octanol–water partition coefficient (Wildman–Crippen LogP) is -6.40. The van der Waals surface area contributed by atoms with Crippen LogP contribution in [0.2, 0.25) is 0 Å². The Bertz CT molecular complexity index is 729. The molecule has 3 aliphatic heterocycles. The first-order valence-corrected chi connectivity index (χ1v) is 11.4. The number of nitrogens with one attached hydrogen (secondary N) is 1. The zero-order chi connectivity index (χ0) is 26.9. The summed E-state index contributed by atoms with van der Waals surface area (Å²) >= 11 is 0. The van der Waals surface area contributed by atoms with Gasteiger partial charge in [0, 0.05) is 6.92 Å². The summed E-state index contributed by atoms with van der Waals surface area (Å²) in [5.74, 6) is -0.640. The molecule has 3 heterocycles. The highest BCUT2D eigenvalue weighted by Crippen LogP contribution is 2.32. The van der Waals surface area contributed by atoms with E-state index in [9.17, 15) is 50.8 Å². The minimum Gasteiger partial charge on any atom is -0.394 e. The summed E-state index contributed by atoms with van der Waals surface area (Å²) in [4.78, 5) is 11.8. The highest BCUT2D eigenvalue weighted by atomic mass is 16.7. The van der Waals surface area contributed by atoms with E-state index in [4.69, 9.17) is 23.7 Å². The molecular weight excluding hydrogens is 494 g/mol. The minimum atomic E-state index is -1.85. The lowest BCUT2D eigenvalue weighted by atomic mass is 9.94. The van der Waals surface area contributed by atoms with Gasteiger partial charge in [-0.05, 0) is 6.92 Å². The van der Waals surface area contributed by atoms with Crippen LogP contribution in [-0.4, -0.2) is 157 Å². The van der Waals surface area contributed by atoms with Crippen molar-refractivity contribution in [3.8, 4) is 0 Å². The van der Waals surface area contributed by atoms with Crippen LogP contribution in [0.25, 0.3) is 0 Å². The van der Waals surface area contributed by atoms with E-state index in [1.54, 1.807) is 0 Å². The van der Waals surface area contributed by atoms with Crippen LogP contribution >= 0.6 is 0 Å². The van der Waals surface area contributed by atoms with Crippen LogP contribution in [0.15, 0.2) is 0 Å². The molecule has 0 aliphatic carbocycles. The molecule has 3 saturated heterocycles. The lowest BCUT2D eigenvalue weighted by molar-refractivity contribution is -0.370. The van der Waals surface area contributed by atoms with Crippen LogP contribution in [0.1, 0.15) is 13.8 Å². The maximum Gasteiger partial charge on any atom is 0.217 e. The second kappa shape index (κ2) is 12.2. The number of amides is 1. The van der Waals surface area contributed by atoms with Crippen molar-refractivity contribution in [1.29, 1.82) is 0 Å². The lowest BCUT2D eigenvalue weighted by Gasteiger charge is -2.49. The van der Waals surface area contributed by atoms with E-state index in [1.165, 1.54) is 6.92 Å². The molecule has 0 aromatic carbocycles. The van der Waals surface area contributed by atoms with Crippen LogP contribution < -0.4 is 5.32 Å². The second-order valence-electron chi connectivity index (χ2n) is 9.05. The van der Waals surface area contributed by atoms with Crippen LogP contribution in [-0.2, 0) is 28.5 Å². The fraction of sp³-hybridized carbons (Fsp3) is 0.950. The Balaban J connectivity index is 1.92. The third kappa shape index (κ3) is 5.97. The van der Waals surface area contributed by atoms with Gasteiger partial charge in [0.1, 0.15) is 67.1 Å². The van der Waals surface area contributed by atoms with Gasteiger partial charge >= 0.3 is 0 Å². The molecular formula is C20H35NO15. The van der Waals surface area contributed by atoms with Crippen molar-refractivity contribution in [1.82, 2.24) is 5.32 Å². The summed E-state index contributed by atoms with van der Waals surface area (Å²) in [5, 5.41) is 93.2. The molecule has 15 atom stereocenters. The Morgan fingerprint density at radius 3 is 1.81 bits per heavy atom. The highest BCUT2D eigenvalue weighted by molar-refractivity contribution is 5.73. The molecule has 1 amide bonds. The highest BCUT2D eigenvalue weighted by Gasteiger charge is 2.54. The summed E-state index contributed by atoms with van der Waals surface area (Å²) in [6.45, 7) is 1.00. The number of carbonyl (C=O) groups excluding carboxylic acids is 1. The maximum atomic E-state index is 11.8. The molecule has 3 rings (SSSR count). The van der Waals surface area contributed by atoms with Crippen molar-refractivity contribution in [2.24, 2.45) is 0 Å². The number of hydrogen-bond donors (Lipinski definition) is 10. The quantitative estimate of drug-likeness (QED) is 0.147. The topological polar surface area (TPSA) is 257 Å². The number of aliphatic hydroxyl groups excluding tert-OH is 9. The summed E-state index contributed by atoms with van der Waals surface area (Å²) in [6.07, 6.45) is -22.0. The number of rotatable bonds is 7. The smallest absolute Gasteiger partial charge is 0.217 e. The van der Waals surface area contributed by atoms with Gasteiger partial charge < -0.3 is 75.0 Å².